The summed E-state index contributed by atoms with van der Waals surface area (Å²) in [7, 11) is 0. The molecule has 2 heterocycles. The van der Waals surface area contributed by atoms with Crippen LogP contribution in [-0.4, -0.2) is 31.2 Å². The molecule has 0 aliphatic carbocycles. The molecule has 0 bridgehead atoms. The predicted molar refractivity (Wildman–Crippen MR) is 92.5 cm³/mol. The fourth-order valence-corrected chi connectivity index (χ4v) is 3.30. The van der Waals surface area contributed by atoms with Gasteiger partial charge in [-0.05, 0) is 42.5 Å². The minimum Gasteiger partial charge on any atom is -0.368 e. The maximum atomic E-state index is 14.3. The number of piperazine rings is 1. The summed E-state index contributed by atoms with van der Waals surface area (Å²) >= 11 is 0. The van der Waals surface area contributed by atoms with E-state index < -0.39 is 11.6 Å². The number of hydrogen-bond acceptors (Lipinski definition) is 3. The van der Waals surface area contributed by atoms with Gasteiger partial charge in [0.25, 0.3) is 0 Å². The molecule has 0 atom stereocenters. The normalized spacial score (nSPS) is 15.0. The molecule has 1 aromatic heterocycles. The SMILES string of the molecule is Fc1ccc(N2CCN(c3ccnc4c(F)ccc(F)c34)CC2)cc1. The third kappa shape index (κ3) is 2.88. The first kappa shape index (κ1) is 15.7. The van der Waals surface area contributed by atoms with Crippen LogP contribution in [-0.2, 0) is 0 Å². The van der Waals surface area contributed by atoms with Gasteiger partial charge in [-0.1, -0.05) is 0 Å². The maximum Gasteiger partial charge on any atom is 0.149 e. The van der Waals surface area contributed by atoms with Crippen LogP contribution in [0.1, 0.15) is 0 Å². The van der Waals surface area contributed by atoms with Gasteiger partial charge in [0.1, 0.15) is 23.0 Å². The van der Waals surface area contributed by atoms with Crippen LogP contribution in [0.15, 0.2) is 48.7 Å². The van der Waals surface area contributed by atoms with E-state index in [1.54, 1.807) is 18.2 Å². The summed E-state index contributed by atoms with van der Waals surface area (Å²) < 4.78 is 41.3. The highest BCUT2D eigenvalue weighted by molar-refractivity contribution is 5.92. The van der Waals surface area contributed by atoms with Crippen molar-refractivity contribution in [2.45, 2.75) is 0 Å². The average Bonchev–Trinajstić information content (AvgIpc) is 2.65. The van der Waals surface area contributed by atoms with Gasteiger partial charge in [-0.25, -0.2) is 13.2 Å². The van der Waals surface area contributed by atoms with Crippen molar-refractivity contribution in [3.63, 3.8) is 0 Å². The largest absolute Gasteiger partial charge is 0.368 e. The van der Waals surface area contributed by atoms with Crippen molar-refractivity contribution < 1.29 is 13.2 Å². The van der Waals surface area contributed by atoms with Crippen molar-refractivity contribution in [3.05, 3.63) is 66.1 Å². The smallest absolute Gasteiger partial charge is 0.149 e. The van der Waals surface area contributed by atoms with Gasteiger partial charge >= 0.3 is 0 Å². The molecular weight excluding hydrogens is 327 g/mol. The lowest BCUT2D eigenvalue weighted by atomic mass is 10.1. The Bertz CT molecular complexity index is 904. The Balaban J connectivity index is 1.60. The molecule has 128 valence electrons. The molecule has 1 fully saturated rings. The first-order valence-electron chi connectivity index (χ1n) is 8.11. The highest BCUT2D eigenvalue weighted by atomic mass is 19.1. The van der Waals surface area contributed by atoms with Gasteiger partial charge in [-0.2, -0.15) is 0 Å². The molecular formula is C19H16F3N3. The fraction of sp³-hybridized carbons (Fsp3) is 0.211. The molecule has 0 spiro atoms. The molecule has 1 aliphatic rings. The first-order chi connectivity index (χ1) is 12.1. The number of fused-ring (bicyclic) bond motifs is 1. The highest BCUT2D eigenvalue weighted by Crippen LogP contribution is 2.30. The number of halogens is 3. The van der Waals surface area contributed by atoms with Crippen molar-refractivity contribution in [1.82, 2.24) is 4.98 Å². The fourth-order valence-electron chi connectivity index (χ4n) is 3.30. The lowest BCUT2D eigenvalue weighted by Crippen LogP contribution is -2.46. The van der Waals surface area contributed by atoms with E-state index >= 15 is 0 Å². The molecule has 0 saturated carbocycles. The first-order valence-corrected chi connectivity index (χ1v) is 8.11. The molecule has 0 amide bonds. The van der Waals surface area contributed by atoms with Gasteiger partial charge < -0.3 is 9.80 Å². The molecule has 0 N–H and O–H groups in total. The Hall–Kier alpha value is -2.76. The number of rotatable bonds is 2. The van der Waals surface area contributed by atoms with Gasteiger partial charge in [0.2, 0.25) is 0 Å². The van der Waals surface area contributed by atoms with Crippen molar-refractivity contribution in [3.8, 4) is 0 Å². The van der Waals surface area contributed by atoms with Crippen LogP contribution in [0.5, 0.6) is 0 Å². The van der Waals surface area contributed by atoms with Crippen molar-refractivity contribution >= 4 is 22.3 Å². The van der Waals surface area contributed by atoms with E-state index in [4.69, 9.17) is 0 Å². The third-order valence-electron chi connectivity index (χ3n) is 4.58. The average molecular weight is 343 g/mol. The van der Waals surface area contributed by atoms with Crippen LogP contribution in [0, 0.1) is 17.5 Å². The zero-order valence-electron chi connectivity index (χ0n) is 13.4. The Morgan fingerprint density at radius 3 is 2.08 bits per heavy atom. The molecule has 6 heteroatoms. The lowest BCUT2D eigenvalue weighted by Gasteiger charge is -2.37. The second kappa shape index (κ2) is 6.27. The van der Waals surface area contributed by atoms with Crippen LogP contribution in [0.3, 0.4) is 0 Å². The van der Waals surface area contributed by atoms with Crippen LogP contribution < -0.4 is 9.80 Å². The molecule has 4 rings (SSSR count). The number of nitrogens with zero attached hydrogens (tertiary/aromatic N) is 3. The molecule has 3 aromatic rings. The number of hydrogen-bond donors (Lipinski definition) is 0. The summed E-state index contributed by atoms with van der Waals surface area (Å²) in [4.78, 5) is 8.16. The summed E-state index contributed by atoms with van der Waals surface area (Å²) in [5, 5.41) is 0.220. The van der Waals surface area contributed by atoms with Crippen LogP contribution in [0.2, 0.25) is 0 Å². The minimum atomic E-state index is -0.525. The molecule has 2 aromatic carbocycles. The monoisotopic (exact) mass is 343 g/mol. The maximum absolute atomic E-state index is 14.3. The van der Waals surface area contributed by atoms with E-state index in [0.717, 1.165) is 17.8 Å². The summed E-state index contributed by atoms with van der Waals surface area (Å²) in [6.45, 7) is 2.75. The van der Waals surface area contributed by atoms with Crippen LogP contribution in [0.25, 0.3) is 10.9 Å². The Kier molecular flexibility index (Phi) is 3.95. The Morgan fingerprint density at radius 1 is 0.720 bits per heavy atom. The number of aromatic nitrogens is 1. The molecule has 0 radical (unpaired) electrons. The molecule has 0 unspecified atom stereocenters. The third-order valence-corrected chi connectivity index (χ3v) is 4.58. The summed E-state index contributed by atoms with van der Waals surface area (Å²) in [5.41, 5.74) is 1.66. The van der Waals surface area contributed by atoms with Gasteiger partial charge in [0, 0.05) is 38.1 Å². The molecule has 1 saturated heterocycles. The van der Waals surface area contributed by atoms with Crippen LogP contribution >= 0.6 is 0 Å². The number of anilines is 2. The second-order valence-electron chi connectivity index (χ2n) is 6.03. The minimum absolute atomic E-state index is 0.0541. The summed E-state index contributed by atoms with van der Waals surface area (Å²) in [5.74, 6) is -1.26. The summed E-state index contributed by atoms with van der Waals surface area (Å²) in [6.07, 6.45) is 1.51. The highest BCUT2D eigenvalue weighted by Gasteiger charge is 2.21. The van der Waals surface area contributed by atoms with Crippen LogP contribution in [0.4, 0.5) is 24.5 Å². The van der Waals surface area contributed by atoms with E-state index in [1.807, 2.05) is 4.90 Å². The van der Waals surface area contributed by atoms with Crippen molar-refractivity contribution in [2.24, 2.45) is 0 Å². The topological polar surface area (TPSA) is 19.4 Å². The number of pyridine rings is 1. The Labute approximate surface area is 143 Å². The van der Waals surface area contributed by atoms with E-state index in [2.05, 4.69) is 9.88 Å². The van der Waals surface area contributed by atoms with E-state index in [-0.39, 0.29) is 16.7 Å². The molecule has 1 aliphatic heterocycles. The second-order valence-corrected chi connectivity index (χ2v) is 6.03. The number of benzene rings is 2. The van der Waals surface area contributed by atoms with Gasteiger partial charge in [-0.3, -0.25) is 4.98 Å². The summed E-state index contributed by atoms with van der Waals surface area (Å²) in [6, 6.07) is 10.3. The van der Waals surface area contributed by atoms with Crippen molar-refractivity contribution in [2.75, 3.05) is 36.0 Å². The molecule has 3 nitrogen and oxygen atoms in total. The van der Waals surface area contributed by atoms with Crippen molar-refractivity contribution in [1.29, 1.82) is 0 Å². The standard InChI is InChI=1S/C19H16F3N3/c20-13-1-3-14(4-2-13)24-9-11-25(12-10-24)17-7-8-23-19-16(22)6-5-15(21)18(17)19/h1-8H,9-12H2. The van der Waals surface area contributed by atoms with Gasteiger partial charge in [0.15, 0.2) is 0 Å². The zero-order valence-corrected chi connectivity index (χ0v) is 13.4. The van der Waals surface area contributed by atoms with E-state index in [1.165, 1.54) is 18.3 Å². The van der Waals surface area contributed by atoms with Gasteiger partial charge in [-0.15, -0.1) is 0 Å². The zero-order chi connectivity index (χ0) is 17.4. The molecule has 25 heavy (non-hydrogen) atoms. The quantitative estimate of drug-likeness (QED) is 0.702. The van der Waals surface area contributed by atoms with E-state index in [0.29, 0.717) is 31.9 Å². The predicted octanol–water partition coefficient (Wildman–Crippen LogP) is 3.98. The van der Waals surface area contributed by atoms with E-state index in [9.17, 15) is 13.2 Å². The Morgan fingerprint density at radius 2 is 1.36 bits per heavy atom. The van der Waals surface area contributed by atoms with Gasteiger partial charge in [0.05, 0.1) is 11.1 Å². The lowest BCUT2D eigenvalue weighted by molar-refractivity contribution is 0.612.